The van der Waals surface area contributed by atoms with Crippen LogP contribution in [0.25, 0.3) is 10.9 Å². The molecule has 1 aliphatic carbocycles. The fourth-order valence-corrected chi connectivity index (χ4v) is 6.93. The Morgan fingerprint density at radius 1 is 1.08 bits per heavy atom. The lowest BCUT2D eigenvalue weighted by Gasteiger charge is -2.43. The summed E-state index contributed by atoms with van der Waals surface area (Å²) < 4.78 is 31.5. The summed E-state index contributed by atoms with van der Waals surface area (Å²) in [7, 11) is -3.69. The average molecular weight is 522 g/mol. The van der Waals surface area contributed by atoms with Crippen molar-refractivity contribution in [1.29, 1.82) is 0 Å². The molecule has 2 aliphatic rings. The number of halogens is 1. The number of imidazole rings is 1. The molecule has 3 heterocycles. The Morgan fingerprint density at radius 3 is 2.75 bits per heavy atom. The van der Waals surface area contributed by atoms with E-state index in [9.17, 15) is 8.42 Å². The molecule has 0 saturated heterocycles. The highest BCUT2D eigenvalue weighted by atomic mass is 35.5. The summed E-state index contributed by atoms with van der Waals surface area (Å²) in [5.41, 5.74) is 1.51. The van der Waals surface area contributed by atoms with Crippen molar-refractivity contribution in [3.05, 3.63) is 83.4 Å². The minimum atomic E-state index is -3.69. The molecule has 2 N–H and O–H groups in total. The van der Waals surface area contributed by atoms with Gasteiger partial charge in [0.25, 0.3) is 0 Å². The summed E-state index contributed by atoms with van der Waals surface area (Å²) in [4.78, 5) is 9.46. The molecule has 6 rings (SSSR count). The van der Waals surface area contributed by atoms with Crippen LogP contribution in [0.15, 0.2) is 71.9 Å². The standard InChI is InChI=1S/C27H28ClN5O2S/c28-22-6-2-1-5-21(22)27(12-4-13-27)18-30-36(34,35)20-9-10-23-19(17-20)8-11-25(31-23)32-24-7-3-15-33-16-14-29-26(24)33/h1-2,5-6,8-11,14,16-17,24,30H,3-4,7,12-13,15,18H2,(H,31,32). The molecule has 36 heavy (non-hydrogen) atoms. The van der Waals surface area contributed by atoms with E-state index in [0.717, 1.165) is 66.8 Å². The molecular weight excluding hydrogens is 494 g/mol. The van der Waals surface area contributed by atoms with Gasteiger partial charge in [-0.15, -0.1) is 0 Å². The lowest BCUT2D eigenvalue weighted by atomic mass is 9.64. The summed E-state index contributed by atoms with van der Waals surface area (Å²) in [6.07, 6.45) is 8.81. The van der Waals surface area contributed by atoms with Crippen molar-refractivity contribution >= 4 is 38.3 Å². The minimum Gasteiger partial charge on any atom is -0.360 e. The lowest BCUT2D eigenvalue weighted by molar-refractivity contribution is 0.245. The SMILES string of the molecule is O=S(=O)(NCC1(c2ccccc2Cl)CCC1)c1ccc2nc(NC3CCCn4ccnc43)ccc2c1. The highest BCUT2D eigenvalue weighted by Crippen LogP contribution is 2.46. The molecule has 2 aromatic heterocycles. The Kier molecular flexibility index (Phi) is 5.98. The molecule has 1 unspecified atom stereocenters. The van der Waals surface area contributed by atoms with Crippen molar-refractivity contribution in [2.45, 2.75) is 55.0 Å². The fraction of sp³-hybridized carbons (Fsp3) is 0.333. The lowest BCUT2D eigenvalue weighted by Crippen LogP contribution is -2.45. The first-order valence-electron chi connectivity index (χ1n) is 12.4. The van der Waals surface area contributed by atoms with Crippen molar-refractivity contribution in [3.63, 3.8) is 0 Å². The maximum absolute atomic E-state index is 13.2. The number of sulfonamides is 1. The van der Waals surface area contributed by atoms with Crippen molar-refractivity contribution in [2.24, 2.45) is 0 Å². The molecule has 2 aromatic carbocycles. The van der Waals surface area contributed by atoms with Crippen LogP contribution in [0.4, 0.5) is 5.82 Å². The van der Waals surface area contributed by atoms with Crippen LogP contribution < -0.4 is 10.0 Å². The van der Waals surface area contributed by atoms with Crippen LogP contribution in [0.5, 0.6) is 0 Å². The Labute approximate surface area is 216 Å². The second-order valence-electron chi connectivity index (χ2n) is 9.81. The first-order chi connectivity index (χ1) is 17.4. The van der Waals surface area contributed by atoms with Crippen LogP contribution in [-0.2, 0) is 22.0 Å². The van der Waals surface area contributed by atoms with Crippen molar-refractivity contribution < 1.29 is 8.42 Å². The zero-order valence-corrected chi connectivity index (χ0v) is 21.4. The van der Waals surface area contributed by atoms with E-state index < -0.39 is 10.0 Å². The zero-order valence-electron chi connectivity index (χ0n) is 19.8. The number of fused-ring (bicyclic) bond motifs is 2. The van der Waals surface area contributed by atoms with Gasteiger partial charge in [-0.3, -0.25) is 0 Å². The molecule has 1 aliphatic heterocycles. The molecule has 0 bridgehead atoms. The van der Waals surface area contributed by atoms with E-state index in [2.05, 4.69) is 19.6 Å². The van der Waals surface area contributed by atoms with E-state index >= 15 is 0 Å². The summed E-state index contributed by atoms with van der Waals surface area (Å²) in [6, 6.07) is 16.7. The summed E-state index contributed by atoms with van der Waals surface area (Å²) in [5, 5.41) is 4.96. The monoisotopic (exact) mass is 521 g/mol. The van der Waals surface area contributed by atoms with E-state index in [1.54, 1.807) is 18.2 Å². The number of hydrogen-bond acceptors (Lipinski definition) is 5. The van der Waals surface area contributed by atoms with E-state index in [4.69, 9.17) is 16.6 Å². The van der Waals surface area contributed by atoms with Crippen LogP contribution in [0.3, 0.4) is 0 Å². The van der Waals surface area contributed by atoms with Crippen LogP contribution in [0.1, 0.15) is 49.5 Å². The number of anilines is 1. The molecule has 9 heteroatoms. The van der Waals surface area contributed by atoms with E-state index in [-0.39, 0.29) is 16.4 Å². The Balaban J connectivity index is 1.20. The van der Waals surface area contributed by atoms with Crippen molar-refractivity contribution in [1.82, 2.24) is 19.3 Å². The number of hydrogen-bond donors (Lipinski definition) is 2. The third kappa shape index (κ3) is 4.27. The summed E-state index contributed by atoms with van der Waals surface area (Å²) in [6.45, 7) is 1.32. The van der Waals surface area contributed by atoms with E-state index in [0.29, 0.717) is 11.6 Å². The molecule has 1 saturated carbocycles. The highest BCUT2D eigenvalue weighted by molar-refractivity contribution is 7.89. The number of pyridine rings is 1. The molecule has 7 nitrogen and oxygen atoms in total. The number of rotatable bonds is 7. The molecule has 1 fully saturated rings. The second-order valence-corrected chi connectivity index (χ2v) is 12.0. The number of aromatic nitrogens is 3. The van der Waals surface area contributed by atoms with Gasteiger partial charge in [0.2, 0.25) is 10.0 Å². The fourth-order valence-electron chi connectivity index (χ4n) is 5.43. The maximum Gasteiger partial charge on any atom is 0.240 e. The quantitative estimate of drug-likeness (QED) is 0.338. The topological polar surface area (TPSA) is 88.9 Å². The smallest absolute Gasteiger partial charge is 0.240 e. The van der Waals surface area contributed by atoms with Gasteiger partial charge in [0.1, 0.15) is 11.6 Å². The van der Waals surface area contributed by atoms with Crippen molar-refractivity contribution in [3.8, 4) is 0 Å². The van der Waals surface area contributed by atoms with Crippen molar-refractivity contribution in [2.75, 3.05) is 11.9 Å². The third-order valence-electron chi connectivity index (χ3n) is 7.60. The number of nitrogens with one attached hydrogen (secondary N) is 2. The van der Waals surface area contributed by atoms with Gasteiger partial charge in [-0.1, -0.05) is 36.2 Å². The Bertz CT molecular complexity index is 1530. The molecule has 0 spiro atoms. The molecular formula is C27H28ClN5O2S. The third-order valence-corrected chi connectivity index (χ3v) is 9.33. The van der Waals surface area contributed by atoms with Gasteiger partial charge in [0.05, 0.1) is 16.5 Å². The summed E-state index contributed by atoms with van der Waals surface area (Å²) >= 11 is 6.45. The molecule has 4 aromatic rings. The second kappa shape index (κ2) is 9.18. The summed E-state index contributed by atoms with van der Waals surface area (Å²) in [5.74, 6) is 1.78. The highest BCUT2D eigenvalue weighted by Gasteiger charge is 2.40. The zero-order chi connectivity index (χ0) is 24.8. The van der Waals surface area contributed by atoms with Crippen LogP contribution in [0, 0.1) is 0 Å². The number of nitrogens with zero attached hydrogens (tertiary/aromatic N) is 3. The predicted octanol–water partition coefficient (Wildman–Crippen LogP) is 5.43. The molecule has 186 valence electrons. The normalized spacial score (nSPS) is 19.0. The Morgan fingerprint density at radius 2 is 1.94 bits per heavy atom. The van der Waals surface area contributed by atoms with E-state index in [1.165, 1.54) is 0 Å². The van der Waals surface area contributed by atoms with Gasteiger partial charge >= 0.3 is 0 Å². The van der Waals surface area contributed by atoms with Gasteiger partial charge in [-0.25, -0.2) is 23.1 Å². The van der Waals surface area contributed by atoms with Gasteiger partial charge in [-0.2, -0.15) is 0 Å². The van der Waals surface area contributed by atoms with Crippen LogP contribution in [0.2, 0.25) is 5.02 Å². The molecule has 0 radical (unpaired) electrons. The van der Waals surface area contributed by atoms with Gasteiger partial charge in [0, 0.05) is 41.3 Å². The van der Waals surface area contributed by atoms with Gasteiger partial charge in [0.15, 0.2) is 0 Å². The van der Waals surface area contributed by atoms with Crippen LogP contribution >= 0.6 is 11.6 Å². The van der Waals surface area contributed by atoms with Gasteiger partial charge in [-0.05, 0) is 67.6 Å². The predicted molar refractivity (Wildman–Crippen MR) is 142 cm³/mol. The first kappa shape index (κ1) is 23.5. The molecule has 1 atom stereocenters. The molecule has 0 amide bonds. The first-order valence-corrected chi connectivity index (χ1v) is 14.2. The minimum absolute atomic E-state index is 0.111. The van der Waals surface area contributed by atoms with E-state index in [1.807, 2.05) is 48.8 Å². The largest absolute Gasteiger partial charge is 0.360 e. The maximum atomic E-state index is 13.2. The van der Waals surface area contributed by atoms with Gasteiger partial charge < -0.3 is 9.88 Å². The van der Waals surface area contributed by atoms with Crippen LogP contribution in [-0.4, -0.2) is 29.5 Å². The Hall–Kier alpha value is -2.94. The number of benzene rings is 2. The average Bonchev–Trinajstić information content (AvgIpc) is 3.34. The number of aryl methyl sites for hydroxylation is 1.